The molecule has 2 heterocycles. The van der Waals surface area contributed by atoms with E-state index in [1.54, 1.807) is 24.5 Å². The van der Waals surface area contributed by atoms with Crippen molar-refractivity contribution in [2.45, 2.75) is 31.7 Å². The molecule has 1 atom stereocenters. The van der Waals surface area contributed by atoms with E-state index in [4.69, 9.17) is 14.2 Å². The molecule has 136 valence electrons. The standard InChI is InChI=1S/C17H19F3N2O3/c1-22-11-21-9-14(16-23-7-2-8-24-16)15(22)25-10-12-3-5-13(6-4-12)17(18,19)20/h3-6,9,11,15-16H,2,7-8,10H2,1H3. The van der Waals surface area contributed by atoms with E-state index in [-0.39, 0.29) is 6.61 Å². The van der Waals surface area contributed by atoms with Gasteiger partial charge < -0.3 is 19.1 Å². The van der Waals surface area contributed by atoms with Gasteiger partial charge in [-0.15, -0.1) is 0 Å². The van der Waals surface area contributed by atoms with Crippen LogP contribution in [-0.4, -0.2) is 44.0 Å². The summed E-state index contributed by atoms with van der Waals surface area (Å²) >= 11 is 0. The molecule has 1 fully saturated rings. The lowest BCUT2D eigenvalue weighted by Gasteiger charge is -2.35. The lowest BCUT2D eigenvalue weighted by atomic mass is 10.1. The van der Waals surface area contributed by atoms with Gasteiger partial charge in [-0.2, -0.15) is 13.2 Å². The van der Waals surface area contributed by atoms with Crippen LogP contribution in [0.3, 0.4) is 0 Å². The Kier molecular flexibility index (Phi) is 5.41. The summed E-state index contributed by atoms with van der Waals surface area (Å²) in [6.07, 6.45) is -1.23. The van der Waals surface area contributed by atoms with Crippen molar-refractivity contribution in [3.8, 4) is 0 Å². The summed E-state index contributed by atoms with van der Waals surface area (Å²) in [5.74, 6) is 0. The highest BCUT2D eigenvalue weighted by Crippen LogP contribution is 2.29. The quantitative estimate of drug-likeness (QED) is 0.831. The predicted octanol–water partition coefficient (Wildman–Crippen LogP) is 3.17. The maximum Gasteiger partial charge on any atom is 0.416 e. The van der Waals surface area contributed by atoms with E-state index in [0.29, 0.717) is 18.8 Å². The molecule has 0 radical (unpaired) electrons. The van der Waals surface area contributed by atoms with Gasteiger partial charge in [0.05, 0.1) is 37.3 Å². The Morgan fingerprint density at radius 3 is 2.52 bits per heavy atom. The number of hydrogen-bond donors (Lipinski definition) is 0. The highest BCUT2D eigenvalue weighted by Gasteiger charge is 2.32. The van der Waals surface area contributed by atoms with Gasteiger partial charge in [-0.25, -0.2) is 4.99 Å². The minimum atomic E-state index is -4.34. The maximum atomic E-state index is 12.6. The fraction of sp³-hybridized carbons (Fsp3) is 0.471. The number of nitrogens with zero attached hydrogens (tertiary/aromatic N) is 2. The van der Waals surface area contributed by atoms with Crippen molar-refractivity contribution < 1.29 is 27.4 Å². The van der Waals surface area contributed by atoms with Gasteiger partial charge in [0, 0.05) is 13.2 Å². The first-order chi connectivity index (χ1) is 11.9. The minimum absolute atomic E-state index is 0.158. The molecule has 1 aromatic carbocycles. The fourth-order valence-electron chi connectivity index (χ4n) is 2.62. The van der Waals surface area contributed by atoms with E-state index >= 15 is 0 Å². The zero-order chi connectivity index (χ0) is 17.9. The highest BCUT2D eigenvalue weighted by atomic mass is 19.4. The summed E-state index contributed by atoms with van der Waals surface area (Å²) in [7, 11) is 1.80. The molecule has 3 rings (SSSR count). The Morgan fingerprint density at radius 2 is 1.88 bits per heavy atom. The Balaban J connectivity index is 1.65. The topological polar surface area (TPSA) is 43.3 Å². The molecular formula is C17H19F3N2O3. The van der Waals surface area contributed by atoms with Gasteiger partial charge in [0.15, 0.2) is 12.5 Å². The number of aliphatic imine (C=N–C) groups is 1. The van der Waals surface area contributed by atoms with Gasteiger partial charge in [-0.05, 0) is 24.1 Å². The Hall–Kier alpha value is -1.90. The summed E-state index contributed by atoms with van der Waals surface area (Å²) in [5.41, 5.74) is 0.702. The summed E-state index contributed by atoms with van der Waals surface area (Å²) in [6.45, 7) is 1.35. The van der Waals surface area contributed by atoms with Crippen LogP contribution >= 0.6 is 0 Å². The third-order valence-electron chi connectivity index (χ3n) is 3.92. The first kappa shape index (κ1) is 17.9. The molecule has 0 saturated carbocycles. The normalized spacial score (nSPS) is 22.2. The summed E-state index contributed by atoms with van der Waals surface area (Å²) in [4.78, 5) is 5.90. The molecule has 0 aromatic heterocycles. The Bertz CT molecular complexity index is 638. The molecule has 1 saturated heterocycles. The first-order valence-corrected chi connectivity index (χ1v) is 7.91. The van der Waals surface area contributed by atoms with Crippen molar-refractivity contribution in [3.63, 3.8) is 0 Å². The van der Waals surface area contributed by atoms with E-state index in [1.807, 2.05) is 0 Å². The van der Waals surface area contributed by atoms with Crippen LogP contribution in [0.1, 0.15) is 17.5 Å². The third kappa shape index (κ3) is 4.39. The van der Waals surface area contributed by atoms with Crippen LogP contribution in [0.15, 0.2) is 41.0 Å². The lowest BCUT2D eigenvalue weighted by Crippen LogP contribution is -2.42. The molecule has 0 aliphatic carbocycles. The predicted molar refractivity (Wildman–Crippen MR) is 84.7 cm³/mol. The van der Waals surface area contributed by atoms with Gasteiger partial charge in [-0.1, -0.05) is 12.1 Å². The summed E-state index contributed by atoms with van der Waals surface area (Å²) in [6, 6.07) is 4.93. The number of rotatable bonds is 4. The number of ether oxygens (including phenoxy) is 3. The third-order valence-corrected chi connectivity index (χ3v) is 3.92. The second-order valence-corrected chi connectivity index (χ2v) is 5.84. The SMILES string of the molecule is CN1C=NC=C(C2OCCCO2)C1OCc1ccc(C(F)(F)F)cc1. The molecule has 2 aliphatic rings. The molecule has 25 heavy (non-hydrogen) atoms. The maximum absolute atomic E-state index is 12.6. The minimum Gasteiger partial charge on any atom is -0.349 e. The van der Waals surface area contributed by atoms with Crippen molar-refractivity contribution in [3.05, 3.63) is 47.2 Å². The van der Waals surface area contributed by atoms with Gasteiger partial charge in [0.2, 0.25) is 0 Å². The van der Waals surface area contributed by atoms with Crippen molar-refractivity contribution in [2.75, 3.05) is 20.3 Å². The fourth-order valence-corrected chi connectivity index (χ4v) is 2.62. The molecule has 2 aliphatic heterocycles. The zero-order valence-corrected chi connectivity index (χ0v) is 13.7. The van der Waals surface area contributed by atoms with Gasteiger partial charge >= 0.3 is 6.18 Å². The first-order valence-electron chi connectivity index (χ1n) is 7.91. The summed E-state index contributed by atoms with van der Waals surface area (Å²) in [5, 5.41) is 0. The molecule has 0 spiro atoms. The average Bonchev–Trinajstić information content (AvgIpc) is 2.61. The molecule has 0 amide bonds. The number of benzene rings is 1. The number of hydrogen-bond acceptors (Lipinski definition) is 5. The number of likely N-dealkylation sites (N-methyl/N-ethyl adjacent to an activating group) is 1. The average molecular weight is 356 g/mol. The highest BCUT2D eigenvalue weighted by molar-refractivity contribution is 5.58. The van der Waals surface area contributed by atoms with Gasteiger partial charge in [0.25, 0.3) is 0 Å². The van der Waals surface area contributed by atoms with Crippen molar-refractivity contribution in [1.82, 2.24) is 4.90 Å². The molecular weight excluding hydrogens is 337 g/mol. The van der Waals surface area contributed by atoms with Crippen molar-refractivity contribution in [2.24, 2.45) is 4.99 Å². The molecule has 1 aromatic rings. The number of alkyl halides is 3. The second-order valence-electron chi connectivity index (χ2n) is 5.84. The van der Waals surface area contributed by atoms with Crippen LogP contribution < -0.4 is 0 Å². The Morgan fingerprint density at radius 1 is 1.20 bits per heavy atom. The van der Waals surface area contributed by atoms with Crippen LogP contribution in [0.2, 0.25) is 0 Å². The van der Waals surface area contributed by atoms with Crippen LogP contribution in [0.5, 0.6) is 0 Å². The monoisotopic (exact) mass is 356 g/mol. The molecule has 5 nitrogen and oxygen atoms in total. The number of halogens is 3. The summed E-state index contributed by atoms with van der Waals surface area (Å²) < 4.78 is 55.0. The second kappa shape index (κ2) is 7.55. The van der Waals surface area contributed by atoms with E-state index < -0.39 is 24.3 Å². The van der Waals surface area contributed by atoms with Crippen LogP contribution in [0, 0.1) is 0 Å². The largest absolute Gasteiger partial charge is 0.416 e. The van der Waals surface area contributed by atoms with Gasteiger partial charge in [-0.3, -0.25) is 0 Å². The van der Waals surface area contributed by atoms with Crippen LogP contribution in [-0.2, 0) is 27.0 Å². The van der Waals surface area contributed by atoms with Crippen LogP contribution in [0.4, 0.5) is 13.2 Å². The van der Waals surface area contributed by atoms with Crippen LogP contribution in [0.25, 0.3) is 0 Å². The van der Waals surface area contributed by atoms with E-state index in [2.05, 4.69) is 4.99 Å². The zero-order valence-electron chi connectivity index (χ0n) is 13.7. The van der Waals surface area contributed by atoms with Crippen molar-refractivity contribution in [1.29, 1.82) is 0 Å². The van der Waals surface area contributed by atoms with E-state index in [1.165, 1.54) is 12.1 Å². The smallest absolute Gasteiger partial charge is 0.349 e. The lowest BCUT2D eigenvalue weighted by molar-refractivity contribution is -0.171. The van der Waals surface area contributed by atoms with E-state index in [0.717, 1.165) is 24.1 Å². The van der Waals surface area contributed by atoms with Gasteiger partial charge in [0.1, 0.15) is 0 Å². The molecule has 0 bridgehead atoms. The molecule has 0 N–H and O–H groups in total. The van der Waals surface area contributed by atoms with E-state index in [9.17, 15) is 13.2 Å². The Labute approximate surface area is 143 Å². The van der Waals surface area contributed by atoms with Crippen molar-refractivity contribution >= 4 is 6.34 Å². The molecule has 8 heteroatoms. The molecule has 1 unspecified atom stereocenters.